The minimum atomic E-state index is 0.824. The topological polar surface area (TPSA) is 56.5 Å². The van der Waals surface area contributed by atoms with E-state index in [0.29, 0.717) is 0 Å². The highest BCUT2D eigenvalue weighted by Crippen LogP contribution is 2.38. The summed E-state index contributed by atoms with van der Waals surface area (Å²) in [5.74, 6) is 1.03. The molecule has 5 heteroatoms. The number of para-hydroxylation sites is 2. The standard InChI is InChI=1S/C36H25N5/c1-2-33-40-36-32(41(33)25-9-4-3-5-10-25)21-18-27-26-11-6-7-12-29(26)39-35(34(27)36)24-16-14-23(15-17-24)28-19-20-30-31(38-28)13-8-22-37-30/h3-22H,2H2,1H3. The van der Waals surface area contributed by atoms with E-state index in [-0.39, 0.29) is 0 Å². The zero-order valence-corrected chi connectivity index (χ0v) is 22.5. The van der Waals surface area contributed by atoms with Gasteiger partial charge in [0.15, 0.2) is 0 Å². The Morgan fingerprint density at radius 1 is 0.585 bits per heavy atom. The first kappa shape index (κ1) is 23.5. The van der Waals surface area contributed by atoms with Gasteiger partial charge in [0.25, 0.3) is 0 Å². The molecule has 0 saturated heterocycles. The number of aromatic nitrogens is 5. The van der Waals surface area contributed by atoms with Gasteiger partial charge in [-0.25, -0.2) is 15.0 Å². The van der Waals surface area contributed by atoms with Crippen LogP contribution in [-0.2, 0) is 6.42 Å². The number of nitrogens with zero attached hydrogens (tertiary/aromatic N) is 5. The first-order chi connectivity index (χ1) is 20.3. The molecular weight excluding hydrogens is 502 g/mol. The smallest absolute Gasteiger partial charge is 0.114 e. The Morgan fingerprint density at radius 2 is 1.37 bits per heavy atom. The molecule has 0 radical (unpaired) electrons. The third-order valence-corrected chi connectivity index (χ3v) is 7.80. The molecule has 0 amide bonds. The Kier molecular flexibility index (Phi) is 5.35. The number of rotatable bonds is 4. The Bertz CT molecular complexity index is 2230. The van der Waals surface area contributed by atoms with Crippen LogP contribution >= 0.6 is 0 Å². The second-order valence-corrected chi connectivity index (χ2v) is 10.2. The number of hydrogen-bond acceptors (Lipinski definition) is 4. The summed E-state index contributed by atoms with van der Waals surface area (Å²) >= 11 is 0. The van der Waals surface area contributed by atoms with Crippen molar-refractivity contribution in [3.63, 3.8) is 0 Å². The summed E-state index contributed by atoms with van der Waals surface area (Å²) in [4.78, 5) is 19.7. The molecular formula is C36H25N5. The molecule has 4 heterocycles. The summed E-state index contributed by atoms with van der Waals surface area (Å²) < 4.78 is 2.27. The van der Waals surface area contributed by atoms with E-state index in [2.05, 4.69) is 95.3 Å². The van der Waals surface area contributed by atoms with E-state index in [1.165, 1.54) is 0 Å². The molecule has 8 aromatic rings. The van der Waals surface area contributed by atoms with Crippen LogP contribution in [0.1, 0.15) is 12.7 Å². The molecule has 0 aliphatic heterocycles. The van der Waals surface area contributed by atoms with Crippen molar-refractivity contribution in [2.24, 2.45) is 0 Å². The van der Waals surface area contributed by atoms with Gasteiger partial charge in [-0.15, -0.1) is 0 Å². The minimum absolute atomic E-state index is 0.824. The third-order valence-electron chi connectivity index (χ3n) is 7.80. The van der Waals surface area contributed by atoms with Crippen LogP contribution < -0.4 is 0 Å². The van der Waals surface area contributed by atoms with Crippen molar-refractivity contribution in [3.8, 4) is 28.2 Å². The molecule has 41 heavy (non-hydrogen) atoms. The lowest BCUT2D eigenvalue weighted by atomic mass is 9.97. The van der Waals surface area contributed by atoms with Gasteiger partial charge in [-0.1, -0.05) is 73.7 Å². The van der Waals surface area contributed by atoms with Crippen molar-refractivity contribution >= 4 is 43.7 Å². The van der Waals surface area contributed by atoms with Gasteiger partial charge in [-0.05, 0) is 53.9 Å². The number of fused-ring (bicyclic) bond motifs is 6. The summed E-state index contributed by atoms with van der Waals surface area (Å²) in [5.41, 5.74) is 9.89. The Hall–Kier alpha value is -5.42. The molecule has 4 aromatic carbocycles. The van der Waals surface area contributed by atoms with Gasteiger partial charge in [0, 0.05) is 40.2 Å². The fourth-order valence-electron chi connectivity index (χ4n) is 5.86. The Labute approximate surface area is 236 Å². The number of imidazole rings is 1. The van der Waals surface area contributed by atoms with E-state index in [9.17, 15) is 0 Å². The lowest BCUT2D eigenvalue weighted by Crippen LogP contribution is -1.99. The van der Waals surface area contributed by atoms with Crippen LogP contribution in [0.3, 0.4) is 0 Å². The van der Waals surface area contributed by atoms with E-state index >= 15 is 0 Å². The zero-order chi connectivity index (χ0) is 27.3. The van der Waals surface area contributed by atoms with Crippen molar-refractivity contribution in [2.45, 2.75) is 13.3 Å². The molecule has 0 spiro atoms. The molecule has 5 nitrogen and oxygen atoms in total. The van der Waals surface area contributed by atoms with Crippen molar-refractivity contribution in [1.82, 2.24) is 24.5 Å². The average Bonchev–Trinajstić information content (AvgIpc) is 3.43. The summed E-state index contributed by atoms with van der Waals surface area (Å²) in [5, 5.41) is 3.37. The van der Waals surface area contributed by atoms with Gasteiger partial charge in [0.2, 0.25) is 0 Å². The molecule has 0 fully saturated rings. The number of aryl methyl sites for hydroxylation is 1. The van der Waals surface area contributed by atoms with Crippen LogP contribution in [0.5, 0.6) is 0 Å². The third kappa shape index (κ3) is 3.78. The molecule has 0 aliphatic rings. The second-order valence-electron chi connectivity index (χ2n) is 10.2. The summed E-state index contributed by atoms with van der Waals surface area (Å²) in [6.45, 7) is 2.16. The highest BCUT2D eigenvalue weighted by atomic mass is 15.1. The molecule has 0 bridgehead atoms. The van der Waals surface area contributed by atoms with Crippen molar-refractivity contribution in [1.29, 1.82) is 0 Å². The normalized spacial score (nSPS) is 11.6. The summed E-state index contributed by atoms with van der Waals surface area (Å²) in [6, 6.07) is 39.8. The fraction of sp³-hybridized carbons (Fsp3) is 0.0556. The van der Waals surface area contributed by atoms with Gasteiger partial charge in [0.1, 0.15) is 5.82 Å². The molecule has 8 rings (SSSR count). The van der Waals surface area contributed by atoms with Crippen LogP contribution in [0.2, 0.25) is 0 Å². The average molecular weight is 528 g/mol. The van der Waals surface area contributed by atoms with Crippen LogP contribution in [-0.4, -0.2) is 24.5 Å². The Balaban J connectivity index is 1.37. The van der Waals surface area contributed by atoms with Crippen LogP contribution in [0.25, 0.3) is 71.9 Å². The maximum absolute atomic E-state index is 5.23. The molecule has 0 atom stereocenters. The highest BCUT2D eigenvalue weighted by molar-refractivity contribution is 6.19. The van der Waals surface area contributed by atoms with E-state index in [1.807, 2.05) is 36.4 Å². The van der Waals surface area contributed by atoms with E-state index in [0.717, 1.165) is 84.2 Å². The second kappa shape index (κ2) is 9.35. The molecule has 0 saturated carbocycles. The van der Waals surface area contributed by atoms with Gasteiger partial charge < -0.3 is 0 Å². The summed E-state index contributed by atoms with van der Waals surface area (Å²) in [6.07, 6.45) is 2.62. The van der Waals surface area contributed by atoms with Gasteiger partial charge in [-0.3, -0.25) is 9.55 Å². The molecule has 0 N–H and O–H groups in total. The highest BCUT2D eigenvalue weighted by Gasteiger charge is 2.19. The van der Waals surface area contributed by atoms with Gasteiger partial charge in [0.05, 0.1) is 39.0 Å². The maximum Gasteiger partial charge on any atom is 0.114 e. The lowest BCUT2D eigenvalue weighted by Gasteiger charge is -2.12. The van der Waals surface area contributed by atoms with Gasteiger partial charge >= 0.3 is 0 Å². The molecule has 0 unspecified atom stereocenters. The molecule has 0 aliphatic carbocycles. The maximum atomic E-state index is 5.23. The molecule has 4 aromatic heterocycles. The summed E-state index contributed by atoms with van der Waals surface area (Å²) in [7, 11) is 0. The zero-order valence-electron chi connectivity index (χ0n) is 22.5. The van der Waals surface area contributed by atoms with Crippen LogP contribution in [0.15, 0.2) is 121 Å². The molecule has 194 valence electrons. The fourth-order valence-corrected chi connectivity index (χ4v) is 5.86. The van der Waals surface area contributed by atoms with Crippen LogP contribution in [0, 0.1) is 0 Å². The number of benzene rings is 4. The number of hydrogen-bond donors (Lipinski definition) is 0. The van der Waals surface area contributed by atoms with Crippen molar-refractivity contribution in [3.05, 3.63) is 127 Å². The Morgan fingerprint density at radius 3 is 2.22 bits per heavy atom. The van der Waals surface area contributed by atoms with E-state index in [1.54, 1.807) is 6.20 Å². The first-order valence-electron chi connectivity index (χ1n) is 13.9. The van der Waals surface area contributed by atoms with Crippen molar-refractivity contribution in [2.75, 3.05) is 0 Å². The van der Waals surface area contributed by atoms with E-state index in [4.69, 9.17) is 15.0 Å². The van der Waals surface area contributed by atoms with E-state index < -0.39 is 0 Å². The largest absolute Gasteiger partial charge is 0.296 e. The van der Waals surface area contributed by atoms with Crippen molar-refractivity contribution < 1.29 is 0 Å². The minimum Gasteiger partial charge on any atom is -0.296 e. The first-order valence-corrected chi connectivity index (χ1v) is 13.9. The number of pyridine rings is 3. The lowest BCUT2D eigenvalue weighted by molar-refractivity contribution is 0.908. The predicted molar refractivity (Wildman–Crippen MR) is 167 cm³/mol. The van der Waals surface area contributed by atoms with Crippen LogP contribution in [0.4, 0.5) is 0 Å². The monoisotopic (exact) mass is 527 g/mol. The SMILES string of the molecule is CCc1nc2c3c(-c4ccc(-c5ccc6ncccc6n5)cc4)nc4ccccc4c3ccc2n1-c1ccccc1. The van der Waals surface area contributed by atoms with Gasteiger partial charge in [-0.2, -0.15) is 0 Å². The quantitative estimate of drug-likeness (QED) is 0.215. The predicted octanol–water partition coefficient (Wildman–Crippen LogP) is 8.57.